The molecule has 0 aliphatic rings. The second-order valence-corrected chi connectivity index (χ2v) is 7.04. The van der Waals surface area contributed by atoms with Crippen molar-refractivity contribution in [2.75, 3.05) is 23.8 Å². The molecular weight excluding hydrogens is 358 g/mol. The number of rotatable bonds is 5. The first-order valence-electron chi connectivity index (χ1n) is 7.61. The number of anilines is 2. The number of nitrogens with one attached hydrogen (secondary N) is 1. The maximum atomic E-state index is 12.3. The van der Waals surface area contributed by atoms with E-state index in [2.05, 4.69) is 10.3 Å². The smallest absolute Gasteiger partial charge is 0.243 e. The lowest BCUT2D eigenvalue weighted by molar-refractivity contribution is -0.114. The summed E-state index contributed by atoms with van der Waals surface area (Å²) in [4.78, 5) is 30.0. The Morgan fingerprint density at radius 1 is 1.24 bits per heavy atom. The van der Waals surface area contributed by atoms with Crippen molar-refractivity contribution in [2.24, 2.45) is 0 Å². The second kappa shape index (κ2) is 7.21. The quantitative estimate of drug-likeness (QED) is 0.680. The summed E-state index contributed by atoms with van der Waals surface area (Å²) in [5, 5.41) is 4.12. The molecule has 0 saturated carbocycles. The number of para-hydroxylation sites is 1. The van der Waals surface area contributed by atoms with Crippen molar-refractivity contribution in [1.82, 2.24) is 4.98 Å². The van der Waals surface area contributed by atoms with Gasteiger partial charge in [-0.2, -0.15) is 0 Å². The van der Waals surface area contributed by atoms with Crippen LogP contribution in [-0.2, 0) is 4.79 Å². The number of aromatic nitrogens is 1. The zero-order valence-electron chi connectivity index (χ0n) is 13.7. The van der Waals surface area contributed by atoms with Gasteiger partial charge in [0, 0.05) is 18.3 Å². The van der Waals surface area contributed by atoms with Crippen molar-refractivity contribution in [3.8, 4) is 0 Å². The van der Waals surface area contributed by atoms with E-state index >= 15 is 0 Å². The normalized spacial score (nSPS) is 10.7. The molecule has 1 amide bonds. The summed E-state index contributed by atoms with van der Waals surface area (Å²) in [5.74, 6) is -0.229. The highest BCUT2D eigenvalue weighted by Crippen LogP contribution is 2.32. The molecule has 3 rings (SSSR count). The van der Waals surface area contributed by atoms with Crippen LogP contribution in [-0.4, -0.2) is 30.3 Å². The molecule has 0 radical (unpaired) electrons. The fourth-order valence-corrected chi connectivity index (χ4v) is 3.59. The van der Waals surface area contributed by atoms with Gasteiger partial charge in [-0.25, -0.2) is 4.98 Å². The minimum atomic E-state index is -0.187. The minimum Gasteiger partial charge on any atom is -0.342 e. The number of nitrogens with zero attached hydrogens (tertiary/aromatic N) is 2. The van der Waals surface area contributed by atoms with Crippen LogP contribution < -0.4 is 10.2 Å². The van der Waals surface area contributed by atoms with Crippen molar-refractivity contribution in [3.05, 3.63) is 53.1 Å². The van der Waals surface area contributed by atoms with Crippen LogP contribution in [0.2, 0.25) is 5.02 Å². The number of ketones is 1. The molecule has 0 spiro atoms. The number of amides is 1. The van der Waals surface area contributed by atoms with Gasteiger partial charge in [-0.05, 0) is 31.2 Å². The summed E-state index contributed by atoms with van der Waals surface area (Å²) in [6.07, 6.45) is 0. The molecule has 2 aromatic carbocycles. The summed E-state index contributed by atoms with van der Waals surface area (Å²) < 4.78 is 0.976. The van der Waals surface area contributed by atoms with Crippen molar-refractivity contribution in [2.45, 2.75) is 6.92 Å². The average molecular weight is 374 g/mol. The largest absolute Gasteiger partial charge is 0.342 e. The minimum absolute atomic E-state index is 0.0421. The lowest BCUT2D eigenvalue weighted by atomic mass is 10.1. The van der Waals surface area contributed by atoms with Gasteiger partial charge in [-0.3, -0.25) is 9.59 Å². The number of benzene rings is 2. The number of halogens is 1. The maximum absolute atomic E-state index is 12.3. The third kappa shape index (κ3) is 3.97. The van der Waals surface area contributed by atoms with Crippen LogP contribution in [0.1, 0.15) is 17.3 Å². The molecule has 1 aromatic heterocycles. The van der Waals surface area contributed by atoms with Crippen LogP contribution in [0.3, 0.4) is 0 Å². The number of fused-ring (bicyclic) bond motifs is 1. The van der Waals surface area contributed by atoms with Crippen molar-refractivity contribution in [1.29, 1.82) is 0 Å². The number of carbonyl (C=O) groups excluding carboxylic acids is 2. The Balaban J connectivity index is 1.70. The summed E-state index contributed by atoms with van der Waals surface area (Å²) >= 11 is 7.63. The van der Waals surface area contributed by atoms with Crippen molar-refractivity contribution in [3.63, 3.8) is 0 Å². The van der Waals surface area contributed by atoms with Crippen LogP contribution in [0.25, 0.3) is 10.2 Å². The number of carbonyl (C=O) groups is 2. The lowest BCUT2D eigenvalue weighted by Gasteiger charge is -2.15. The summed E-state index contributed by atoms with van der Waals surface area (Å²) in [6, 6.07) is 12.5. The van der Waals surface area contributed by atoms with E-state index in [0.717, 1.165) is 15.3 Å². The van der Waals surface area contributed by atoms with Crippen molar-refractivity contribution >= 4 is 55.7 Å². The second-order valence-electron chi connectivity index (χ2n) is 5.62. The zero-order chi connectivity index (χ0) is 18.0. The van der Waals surface area contributed by atoms with E-state index in [1.807, 2.05) is 12.1 Å². The highest BCUT2D eigenvalue weighted by atomic mass is 35.5. The van der Waals surface area contributed by atoms with Crippen molar-refractivity contribution < 1.29 is 9.59 Å². The van der Waals surface area contributed by atoms with E-state index in [1.165, 1.54) is 18.3 Å². The summed E-state index contributed by atoms with van der Waals surface area (Å²) in [5.41, 5.74) is 1.90. The van der Waals surface area contributed by atoms with Gasteiger partial charge in [0.2, 0.25) is 5.91 Å². The van der Waals surface area contributed by atoms with Gasteiger partial charge in [0.25, 0.3) is 0 Å². The van der Waals surface area contributed by atoms with Gasteiger partial charge in [-0.15, -0.1) is 0 Å². The summed E-state index contributed by atoms with van der Waals surface area (Å²) in [7, 11) is 1.80. The van der Waals surface area contributed by atoms with E-state index in [9.17, 15) is 9.59 Å². The Labute approximate surface area is 154 Å². The molecule has 1 N–H and O–H groups in total. The lowest BCUT2D eigenvalue weighted by Crippen LogP contribution is -2.30. The average Bonchev–Trinajstić information content (AvgIpc) is 3.01. The van der Waals surface area contributed by atoms with Crippen LogP contribution in [0.5, 0.6) is 0 Å². The van der Waals surface area contributed by atoms with Gasteiger partial charge >= 0.3 is 0 Å². The van der Waals surface area contributed by atoms with E-state index < -0.39 is 0 Å². The van der Waals surface area contributed by atoms with Gasteiger partial charge < -0.3 is 10.2 Å². The van der Waals surface area contributed by atoms with Gasteiger partial charge in [0.05, 0.1) is 16.3 Å². The Morgan fingerprint density at radius 3 is 2.72 bits per heavy atom. The molecule has 0 saturated heterocycles. The number of hydrogen-bond donors (Lipinski definition) is 1. The monoisotopic (exact) mass is 373 g/mol. The molecule has 0 fully saturated rings. The third-order valence-electron chi connectivity index (χ3n) is 3.62. The zero-order valence-corrected chi connectivity index (χ0v) is 15.3. The first kappa shape index (κ1) is 17.4. The van der Waals surface area contributed by atoms with Crippen LogP contribution in [0, 0.1) is 0 Å². The first-order valence-corrected chi connectivity index (χ1v) is 8.80. The molecule has 128 valence electrons. The Bertz CT molecular complexity index is 954. The molecule has 0 unspecified atom stereocenters. The molecule has 3 aromatic rings. The molecule has 0 bridgehead atoms. The highest BCUT2D eigenvalue weighted by Gasteiger charge is 2.14. The Kier molecular flexibility index (Phi) is 5.01. The van der Waals surface area contributed by atoms with E-state index in [0.29, 0.717) is 16.3 Å². The van der Waals surface area contributed by atoms with Crippen LogP contribution >= 0.6 is 22.9 Å². The van der Waals surface area contributed by atoms with Gasteiger partial charge in [0.1, 0.15) is 5.52 Å². The Morgan fingerprint density at radius 2 is 2.00 bits per heavy atom. The number of likely N-dealkylation sites (N-methyl/N-ethyl adjacent to an activating group) is 1. The molecular formula is C18H16ClN3O2S. The van der Waals surface area contributed by atoms with E-state index in [1.54, 1.807) is 42.3 Å². The van der Waals surface area contributed by atoms with E-state index in [-0.39, 0.29) is 18.2 Å². The van der Waals surface area contributed by atoms with Crippen LogP contribution in [0.15, 0.2) is 42.5 Å². The molecule has 0 aliphatic heterocycles. The number of thiazole rings is 1. The molecule has 0 aliphatic carbocycles. The maximum Gasteiger partial charge on any atom is 0.243 e. The molecule has 5 nitrogen and oxygen atoms in total. The van der Waals surface area contributed by atoms with Crippen LogP contribution in [0.4, 0.5) is 10.8 Å². The van der Waals surface area contributed by atoms with E-state index in [4.69, 9.17) is 11.6 Å². The first-order chi connectivity index (χ1) is 11.9. The molecule has 1 heterocycles. The molecule has 7 heteroatoms. The molecule has 25 heavy (non-hydrogen) atoms. The fraction of sp³-hybridized carbons (Fsp3) is 0.167. The predicted octanol–water partition coefficient (Wildman–Crippen LogP) is 4.23. The summed E-state index contributed by atoms with van der Waals surface area (Å²) in [6.45, 7) is 1.63. The third-order valence-corrected chi connectivity index (χ3v) is 5.06. The standard InChI is InChI=1S/C18H16ClN3O2S/c1-11(23)12-5-3-6-13(9-12)20-16(24)10-22(2)18-21-17-14(19)7-4-8-15(17)25-18/h3-9H,10H2,1-2H3,(H,20,24). The van der Waals surface area contributed by atoms with Gasteiger partial charge in [-0.1, -0.05) is 41.1 Å². The predicted molar refractivity (Wildman–Crippen MR) is 103 cm³/mol. The SMILES string of the molecule is CC(=O)c1cccc(NC(=O)CN(C)c2nc3c(Cl)cccc3s2)c1. The van der Waals surface area contributed by atoms with Gasteiger partial charge in [0.15, 0.2) is 10.9 Å². The number of hydrogen-bond acceptors (Lipinski definition) is 5. The highest BCUT2D eigenvalue weighted by molar-refractivity contribution is 7.22. The Hall–Kier alpha value is -2.44. The topological polar surface area (TPSA) is 62.3 Å². The molecule has 0 atom stereocenters. The number of Topliss-reactive ketones (excluding diaryl/α,β-unsaturated/α-hetero) is 1. The fourth-order valence-electron chi connectivity index (χ4n) is 2.37.